The molecule has 0 bridgehead atoms. The molecule has 1 aromatic heterocycles. The van der Waals surface area contributed by atoms with Crippen molar-refractivity contribution in [3.05, 3.63) is 46.9 Å². The van der Waals surface area contributed by atoms with Gasteiger partial charge in [-0.1, -0.05) is 18.2 Å². The van der Waals surface area contributed by atoms with Gasteiger partial charge in [0.2, 0.25) is 0 Å². The van der Waals surface area contributed by atoms with Crippen LogP contribution < -0.4 is 5.56 Å². The zero-order valence-corrected chi connectivity index (χ0v) is 11.3. The minimum Gasteiger partial charge on any atom is -0.464 e. The maximum atomic E-state index is 12.4. The first-order valence-electron chi connectivity index (χ1n) is 6.26. The van der Waals surface area contributed by atoms with Gasteiger partial charge < -0.3 is 4.74 Å². The number of carbonyl (C=O) groups is 1. The van der Waals surface area contributed by atoms with Crippen LogP contribution >= 0.6 is 0 Å². The van der Waals surface area contributed by atoms with Crippen LogP contribution in [0, 0.1) is 0 Å². The molecule has 0 aliphatic carbocycles. The van der Waals surface area contributed by atoms with Crippen molar-refractivity contribution < 1.29 is 9.53 Å². The van der Waals surface area contributed by atoms with Crippen molar-refractivity contribution >= 4 is 16.7 Å². The quantitative estimate of drug-likeness (QED) is 0.795. The van der Waals surface area contributed by atoms with Crippen LogP contribution in [-0.2, 0) is 15.1 Å². The summed E-state index contributed by atoms with van der Waals surface area (Å²) in [4.78, 5) is 24.4. The predicted octanol–water partition coefficient (Wildman–Crippen LogP) is 2.30. The summed E-state index contributed by atoms with van der Waals surface area (Å²) >= 11 is 0. The van der Waals surface area contributed by atoms with Gasteiger partial charge >= 0.3 is 5.97 Å². The summed E-state index contributed by atoms with van der Waals surface area (Å²) in [7, 11) is 0. The summed E-state index contributed by atoms with van der Waals surface area (Å²) in [5.41, 5.74) is -1.20. The van der Waals surface area contributed by atoms with E-state index in [1.807, 2.05) is 24.3 Å². The molecule has 1 heterocycles. The summed E-state index contributed by atoms with van der Waals surface area (Å²) < 4.78 is 6.45. The minimum absolute atomic E-state index is 0.184. The first-order valence-corrected chi connectivity index (χ1v) is 6.26. The topological polar surface area (TPSA) is 48.3 Å². The average Bonchev–Trinajstić information content (AvgIpc) is 2.39. The number of esters is 1. The predicted molar refractivity (Wildman–Crippen MR) is 74.2 cm³/mol. The molecule has 0 atom stereocenters. The maximum Gasteiger partial charge on any atom is 0.331 e. The van der Waals surface area contributed by atoms with Crippen LogP contribution in [-0.4, -0.2) is 17.1 Å². The Morgan fingerprint density at radius 3 is 2.63 bits per heavy atom. The van der Waals surface area contributed by atoms with Crippen LogP contribution in [0.1, 0.15) is 20.8 Å². The molecular formula is C15H17NO3. The molecule has 100 valence electrons. The molecule has 4 heteroatoms. The van der Waals surface area contributed by atoms with E-state index in [0.717, 1.165) is 5.39 Å². The molecule has 0 aliphatic rings. The summed E-state index contributed by atoms with van der Waals surface area (Å²) in [5, 5.41) is 1.46. The average molecular weight is 259 g/mol. The Hall–Kier alpha value is -2.10. The molecule has 2 aromatic rings. The number of hydrogen-bond acceptors (Lipinski definition) is 3. The van der Waals surface area contributed by atoms with Crippen molar-refractivity contribution in [3.63, 3.8) is 0 Å². The van der Waals surface area contributed by atoms with Crippen molar-refractivity contribution in [1.29, 1.82) is 0 Å². The van der Waals surface area contributed by atoms with Gasteiger partial charge in [-0.2, -0.15) is 0 Å². The van der Waals surface area contributed by atoms with E-state index in [4.69, 9.17) is 4.74 Å². The standard InChI is InChI=1S/C15H17NO3/c1-4-19-14(18)15(2,3)16-10-9-11-7-5-6-8-12(11)13(16)17/h5-10H,4H2,1-3H3. The van der Waals surface area contributed by atoms with E-state index in [9.17, 15) is 9.59 Å². The molecule has 0 saturated carbocycles. The van der Waals surface area contributed by atoms with E-state index in [1.165, 1.54) is 4.57 Å². The summed E-state index contributed by atoms with van der Waals surface area (Å²) in [5.74, 6) is -0.410. The van der Waals surface area contributed by atoms with E-state index in [1.54, 1.807) is 33.0 Å². The SMILES string of the molecule is CCOC(=O)C(C)(C)n1ccc2ccccc2c1=O. The highest BCUT2D eigenvalue weighted by molar-refractivity contribution is 5.83. The van der Waals surface area contributed by atoms with Gasteiger partial charge in [-0.15, -0.1) is 0 Å². The van der Waals surface area contributed by atoms with Crippen LogP contribution in [0.15, 0.2) is 41.3 Å². The third kappa shape index (κ3) is 2.26. The Balaban J connectivity index is 2.60. The molecule has 0 saturated heterocycles. The normalized spacial score (nSPS) is 11.5. The third-order valence-corrected chi connectivity index (χ3v) is 3.19. The summed E-state index contributed by atoms with van der Waals surface area (Å²) in [6.07, 6.45) is 1.64. The number of rotatable bonds is 3. The smallest absolute Gasteiger partial charge is 0.331 e. The molecule has 1 aromatic carbocycles. The highest BCUT2D eigenvalue weighted by Crippen LogP contribution is 2.17. The van der Waals surface area contributed by atoms with Gasteiger partial charge in [0.15, 0.2) is 0 Å². The van der Waals surface area contributed by atoms with Crippen molar-refractivity contribution in [3.8, 4) is 0 Å². The van der Waals surface area contributed by atoms with E-state index in [-0.39, 0.29) is 5.56 Å². The van der Waals surface area contributed by atoms with E-state index in [2.05, 4.69) is 0 Å². The Labute approximate surface area is 111 Å². The molecule has 0 spiro atoms. The molecule has 0 aliphatic heterocycles. The zero-order valence-electron chi connectivity index (χ0n) is 11.3. The largest absolute Gasteiger partial charge is 0.464 e. The van der Waals surface area contributed by atoms with Gasteiger partial charge in [-0.05, 0) is 38.3 Å². The number of carbonyl (C=O) groups excluding carboxylic acids is 1. The number of aromatic nitrogens is 1. The van der Waals surface area contributed by atoms with E-state index < -0.39 is 11.5 Å². The number of ether oxygens (including phenoxy) is 1. The molecule has 0 fully saturated rings. The van der Waals surface area contributed by atoms with Crippen molar-refractivity contribution in [2.75, 3.05) is 6.61 Å². The third-order valence-electron chi connectivity index (χ3n) is 3.19. The van der Waals surface area contributed by atoms with Gasteiger partial charge in [-0.25, -0.2) is 4.79 Å². The molecule has 0 N–H and O–H groups in total. The zero-order chi connectivity index (χ0) is 14.0. The lowest BCUT2D eigenvalue weighted by molar-refractivity contribution is -0.152. The Bertz CT molecular complexity index is 670. The fourth-order valence-corrected chi connectivity index (χ4v) is 2.04. The van der Waals surface area contributed by atoms with E-state index >= 15 is 0 Å². The second kappa shape index (κ2) is 4.88. The van der Waals surface area contributed by atoms with Gasteiger partial charge in [0.05, 0.1) is 6.61 Å². The molecule has 2 rings (SSSR count). The number of hydrogen-bond donors (Lipinski definition) is 0. The number of benzene rings is 1. The highest BCUT2D eigenvalue weighted by atomic mass is 16.5. The second-order valence-corrected chi connectivity index (χ2v) is 4.86. The van der Waals surface area contributed by atoms with Crippen LogP contribution in [0.4, 0.5) is 0 Å². The molecule has 0 radical (unpaired) electrons. The fraction of sp³-hybridized carbons (Fsp3) is 0.333. The summed E-state index contributed by atoms with van der Waals surface area (Å²) in [6, 6.07) is 9.15. The Kier molecular flexibility index (Phi) is 3.42. The highest BCUT2D eigenvalue weighted by Gasteiger charge is 2.32. The van der Waals surface area contributed by atoms with Crippen molar-refractivity contribution in [1.82, 2.24) is 4.57 Å². The molecule has 4 nitrogen and oxygen atoms in total. The fourth-order valence-electron chi connectivity index (χ4n) is 2.04. The van der Waals surface area contributed by atoms with Crippen molar-refractivity contribution in [2.45, 2.75) is 26.3 Å². The lowest BCUT2D eigenvalue weighted by atomic mass is 10.0. The molecule has 0 amide bonds. The van der Waals surface area contributed by atoms with Crippen LogP contribution in [0.2, 0.25) is 0 Å². The van der Waals surface area contributed by atoms with Crippen LogP contribution in [0.25, 0.3) is 10.8 Å². The van der Waals surface area contributed by atoms with Gasteiger partial charge in [0.1, 0.15) is 5.54 Å². The molecule has 19 heavy (non-hydrogen) atoms. The van der Waals surface area contributed by atoms with Gasteiger partial charge in [0, 0.05) is 11.6 Å². The van der Waals surface area contributed by atoms with Crippen LogP contribution in [0.5, 0.6) is 0 Å². The monoisotopic (exact) mass is 259 g/mol. The lowest BCUT2D eigenvalue weighted by Crippen LogP contribution is -2.43. The summed E-state index contributed by atoms with van der Waals surface area (Å²) in [6.45, 7) is 5.41. The van der Waals surface area contributed by atoms with Crippen molar-refractivity contribution in [2.24, 2.45) is 0 Å². The van der Waals surface area contributed by atoms with E-state index in [0.29, 0.717) is 12.0 Å². The number of pyridine rings is 1. The molecular weight excluding hydrogens is 242 g/mol. The second-order valence-electron chi connectivity index (χ2n) is 4.86. The van der Waals surface area contributed by atoms with Crippen LogP contribution in [0.3, 0.4) is 0 Å². The first kappa shape index (κ1) is 13.3. The van der Waals surface area contributed by atoms with Gasteiger partial charge in [-0.3, -0.25) is 9.36 Å². The number of nitrogens with zero attached hydrogens (tertiary/aromatic N) is 1. The Morgan fingerprint density at radius 1 is 1.26 bits per heavy atom. The first-order chi connectivity index (χ1) is 8.98. The number of fused-ring (bicyclic) bond motifs is 1. The lowest BCUT2D eigenvalue weighted by Gasteiger charge is -2.25. The molecule has 0 unspecified atom stereocenters. The maximum absolute atomic E-state index is 12.4. The minimum atomic E-state index is -1.02. The van der Waals surface area contributed by atoms with Gasteiger partial charge in [0.25, 0.3) is 5.56 Å². The Morgan fingerprint density at radius 2 is 1.95 bits per heavy atom.